The second-order valence-electron chi connectivity index (χ2n) is 5.82. The van der Waals surface area contributed by atoms with Crippen molar-refractivity contribution < 1.29 is 22.8 Å². The second kappa shape index (κ2) is 10.7. The normalized spacial score (nSPS) is 20.9. The van der Waals surface area contributed by atoms with E-state index in [1.165, 1.54) is 0 Å². The lowest BCUT2D eigenvalue weighted by molar-refractivity contribution is -0.0345. The van der Waals surface area contributed by atoms with Crippen LogP contribution in [0.25, 0.3) is 0 Å². The Hall–Kier alpha value is 0.0169. The molecule has 0 amide bonds. The van der Waals surface area contributed by atoms with Gasteiger partial charge in [-0.3, -0.25) is 0 Å². The van der Waals surface area contributed by atoms with E-state index >= 15 is 0 Å². The van der Waals surface area contributed by atoms with Crippen molar-refractivity contribution in [2.45, 2.75) is 78.2 Å². The molecule has 1 rings (SSSR count). The standard InChI is InChI=1S/C16H34O5Si/c1-6-10-19-22(20-11-7-2,21-14(5)8-3)16(9-4)18-13-15-12-17-15/h14-16H,6-13H2,1-5H3. The molecule has 3 unspecified atom stereocenters. The van der Waals surface area contributed by atoms with E-state index in [0.717, 1.165) is 32.3 Å². The maximum atomic E-state index is 6.33. The molecule has 0 aromatic heterocycles. The van der Waals surface area contributed by atoms with Crippen LogP contribution in [0, 0.1) is 0 Å². The van der Waals surface area contributed by atoms with Gasteiger partial charge in [-0.05, 0) is 32.6 Å². The van der Waals surface area contributed by atoms with Gasteiger partial charge in [-0.1, -0.05) is 27.7 Å². The predicted octanol–water partition coefficient (Wildman–Crippen LogP) is 3.33. The summed E-state index contributed by atoms with van der Waals surface area (Å²) in [6, 6.07) is 0. The average Bonchev–Trinajstić information content (AvgIpc) is 3.35. The van der Waals surface area contributed by atoms with Crippen LogP contribution in [0.5, 0.6) is 0 Å². The minimum atomic E-state index is -2.87. The highest BCUT2D eigenvalue weighted by Gasteiger charge is 2.51. The first-order valence-electron chi connectivity index (χ1n) is 8.80. The molecule has 3 atom stereocenters. The third kappa shape index (κ3) is 6.64. The lowest BCUT2D eigenvalue weighted by Gasteiger charge is -2.37. The minimum Gasteiger partial charge on any atom is -0.372 e. The van der Waals surface area contributed by atoms with Gasteiger partial charge in [0.1, 0.15) is 11.8 Å². The van der Waals surface area contributed by atoms with Gasteiger partial charge in [0.15, 0.2) is 0 Å². The zero-order chi connectivity index (χ0) is 16.4. The fourth-order valence-electron chi connectivity index (χ4n) is 2.08. The van der Waals surface area contributed by atoms with Gasteiger partial charge in [0.05, 0.1) is 13.2 Å². The zero-order valence-electron chi connectivity index (χ0n) is 14.9. The molecule has 0 aromatic rings. The third-order valence-corrected chi connectivity index (χ3v) is 6.91. The van der Waals surface area contributed by atoms with E-state index in [1.54, 1.807) is 0 Å². The smallest absolute Gasteiger partial charge is 0.372 e. The summed E-state index contributed by atoms with van der Waals surface area (Å²) in [4.78, 5) is 0. The molecule has 5 nitrogen and oxygen atoms in total. The van der Waals surface area contributed by atoms with Crippen molar-refractivity contribution in [1.82, 2.24) is 0 Å². The van der Waals surface area contributed by atoms with Gasteiger partial charge in [-0.15, -0.1) is 0 Å². The fraction of sp³-hybridized carbons (Fsp3) is 1.00. The van der Waals surface area contributed by atoms with Gasteiger partial charge >= 0.3 is 8.80 Å². The Labute approximate surface area is 137 Å². The van der Waals surface area contributed by atoms with E-state index in [2.05, 4.69) is 34.6 Å². The molecule has 0 saturated carbocycles. The summed E-state index contributed by atoms with van der Waals surface area (Å²) in [5, 5.41) is 0. The number of epoxide rings is 1. The summed E-state index contributed by atoms with van der Waals surface area (Å²) in [6.45, 7) is 13.2. The molecule has 0 radical (unpaired) electrons. The molecule has 0 aromatic carbocycles. The molecule has 1 saturated heterocycles. The summed E-state index contributed by atoms with van der Waals surface area (Å²) in [5.41, 5.74) is -0.121. The summed E-state index contributed by atoms with van der Waals surface area (Å²) in [5.74, 6) is 0. The molecular weight excluding hydrogens is 300 g/mol. The van der Waals surface area contributed by atoms with E-state index in [1.807, 2.05) is 0 Å². The predicted molar refractivity (Wildman–Crippen MR) is 88.8 cm³/mol. The Morgan fingerprint density at radius 2 is 1.64 bits per heavy atom. The van der Waals surface area contributed by atoms with Gasteiger partial charge in [-0.2, -0.15) is 0 Å². The van der Waals surface area contributed by atoms with Crippen molar-refractivity contribution in [2.75, 3.05) is 26.4 Å². The lowest BCUT2D eigenvalue weighted by atomic mass is 10.3. The van der Waals surface area contributed by atoms with Crippen LogP contribution >= 0.6 is 0 Å². The van der Waals surface area contributed by atoms with Crippen molar-refractivity contribution in [3.63, 3.8) is 0 Å². The first kappa shape index (κ1) is 20.1. The average molecular weight is 335 g/mol. The van der Waals surface area contributed by atoms with E-state index < -0.39 is 8.80 Å². The van der Waals surface area contributed by atoms with Gasteiger partial charge in [-0.25, -0.2) is 0 Å². The van der Waals surface area contributed by atoms with Crippen molar-refractivity contribution in [3.8, 4) is 0 Å². The fourth-order valence-corrected chi connectivity index (χ4v) is 5.33. The molecule has 0 aliphatic carbocycles. The molecule has 0 spiro atoms. The minimum absolute atomic E-state index is 0.107. The maximum absolute atomic E-state index is 6.33. The van der Waals surface area contributed by atoms with Gasteiger partial charge in [0, 0.05) is 19.3 Å². The van der Waals surface area contributed by atoms with Gasteiger partial charge < -0.3 is 22.8 Å². The SMILES string of the molecule is CCCO[Si](OCCC)(OC(C)CC)C(CC)OCC1CO1. The van der Waals surface area contributed by atoms with Crippen molar-refractivity contribution in [3.05, 3.63) is 0 Å². The van der Waals surface area contributed by atoms with Crippen LogP contribution in [-0.4, -0.2) is 53.2 Å². The quantitative estimate of drug-likeness (QED) is 0.360. The number of ether oxygens (including phenoxy) is 2. The number of hydrogen-bond acceptors (Lipinski definition) is 5. The van der Waals surface area contributed by atoms with Crippen molar-refractivity contribution in [2.24, 2.45) is 0 Å². The molecular formula is C16H34O5Si. The Kier molecular flexibility index (Phi) is 9.78. The summed E-state index contributed by atoms with van der Waals surface area (Å²) in [6.07, 6.45) is 3.98. The second-order valence-corrected chi connectivity index (χ2v) is 8.49. The summed E-state index contributed by atoms with van der Waals surface area (Å²) < 4.78 is 30.0. The molecule has 22 heavy (non-hydrogen) atoms. The Balaban J connectivity index is 2.82. The van der Waals surface area contributed by atoms with Crippen LogP contribution in [0.15, 0.2) is 0 Å². The maximum Gasteiger partial charge on any atom is 0.531 e. The molecule has 1 aliphatic rings. The summed E-state index contributed by atoms with van der Waals surface area (Å²) >= 11 is 0. The molecule has 0 N–H and O–H groups in total. The Morgan fingerprint density at radius 1 is 1.05 bits per heavy atom. The highest BCUT2D eigenvalue weighted by atomic mass is 28.4. The van der Waals surface area contributed by atoms with Crippen LogP contribution in [0.3, 0.4) is 0 Å². The Bertz CT molecular complexity index is 278. The highest BCUT2D eigenvalue weighted by molar-refractivity contribution is 6.62. The topological polar surface area (TPSA) is 49.5 Å². The largest absolute Gasteiger partial charge is 0.531 e. The van der Waals surface area contributed by atoms with Crippen molar-refractivity contribution in [1.29, 1.82) is 0 Å². The lowest BCUT2D eigenvalue weighted by Crippen LogP contribution is -2.59. The molecule has 0 bridgehead atoms. The number of hydrogen-bond donors (Lipinski definition) is 0. The van der Waals surface area contributed by atoms with E-state index in [4.69, 9.17) is 22.8 Å². The van der Waals surface area contributed by atoms with Crippen LogP contribution in [-0.2, 0) is 22.8 Å². The number of rotatable bonds is 14. The zero-order valence-corrected chi connectivity index (χ0v) is 15.9. The highest BCUT2D eigenvalue weighted by Crippen LogP contribution is 2.25. The third-order valence-electron chi connectivity index (χ3n) is 3.61. The molecule has 6 heteroatoms. The van der Waals surface area contributed by atoms with E-state index in [0.29, 0.717) is 19.8 Å². The van der Waals surface area contributed by atoms with E-state index in [-0.39, 0.29) is 17.9 Å². The van der Waals surface area contributed by atoms with Crippen molar-refractivity contribution >= 4 is 8.80 Å². The van der Waals surface area contributed by atoms with Crippen LogP contribution < -0.4 is 0 Å². The van der Waals surface area contributed by atoms with Crippen LogP contribution in [0.1, 0.15) is 60.3 Å². The molecule has 1 aliphatic heterocycles. The van der Waals surface area contributed by atoms with E-state index in [9.17, 15) is 0 Å². The van der Waals surface area contributed by atoms with Gasteiger partial charge in [0.2, 0.25) is 0 Å². The molecule has 1 heterocycles. The van der Waals surface area contributed by atoms with Crippen LogP contribution in [0.4, 0.5) is 0 Å². The monoisotopic (exact) mass is 334 g/mol. The Morgan fingerprint density at radius 3 is 2.05 bits per heavy atom. The van der Waals surface area contributed by atoms with Gasteiger partial charge in [0.25, 0.3) is 0 Å². The molecule has 1 fully saturated rings. The molecule has 132 valence electrons. The first-order valence-corrected chi connectivity index (χ1v) is 10.6. The first-order chi connectivity index (χ1) is 10.6. The summed E-state index contributed by atoms with van der Waals surface area (Å²) in [7, 11) is -2.87. The van der Waals surface area contributed by atoms with Crippen LogP contribution in [0.2, 0.25) is 0 Å².